The van der Waals surface area contributed by atoms with Gasteiger partial charge in [0.15, 0.2) is 5.82 Å². The second kappa shape index (κ2) is 7.69. The second-order valence-corrected chi connectivity index (χ2v) is 6.80. The van der Waals surface area contributed by atoms with E-state index in [1.807, 2.05) is 26.1 Å². The number of carboxylic acids is 1. The van der Waals surface area contributed by atoms with Gasteiger partial charge in [-0.2, -0.15) is 5.10 Å². The van der Waals surface area contributed by atoms with Crippen LogP contribution in [0.4, 0.5) is 5.82 Å². The fourth-order valence-electron chi connectivity index (χ4n) is 3.29. The number of carbonyl (C=O) groups is 2. The summed E-state index contributed by atoms with van der Waals surface area (Å²) in [6, 6.07) is 7.10. The summed E-state index contributed by atoms with van der Waals surface area (Å²) >= 11 is 0. The maximum Gasteiger partial charge on any atom is 0.337 e. The SMILES string of the molecule is Cc1ccc(N(C)C2CCN(C(=O)c3ccc(C(=O)O)c(C)n3)CC2)nn1. The van der Waals surface area contributed by atoms with Crippen LogP contribution in [0.5, 0.6) is 0 Å². The molecule has 8 nitrogen and oxygen atoms in total. The van der Waals surface area contributed by atoms with E-state index in [9.17, 15) is 9.59 Å². The maximum absolute atomic E-state index is 12.7. The summed E-state index contributed by atoms with van der Waals surface area (Å²) < 4.78 is 0. The molecule has 27 heavy (non-hydrogen) atoms. The minimum Gasteiger partial charge on any atom is -0.478 e. The van der Waals surface area contributed by atoms with Crippen molar-refractivity contribution in [3.05, 3.63) is 46.9 Å². The number of aromatic carboxylic acids is 1. The van der Waals surface area contributed by atoms with E-state index in [0.29, 0.717) is 18.8 Å². The quantitative estimate of drug-likeness (QED) is 0.879. The van der Waals surface area contributed by atoms with Gasteiger partial charge in [-0.15, -0.1) is 5.10 Å². The van der Waals surface area contributed by atoms with E-state index >= 15 is 0 Å². The number of nitrogens with zero attached hydrogens (tertiary/aromatic N) is 5. The number of aromatic nitrogens is 3. The van der Waals surface area contributed by atoms with Crippen molar-refractivity contribution in [3.8, 4) is 0 Å². The molecule has 1 N–H and O–H groups in total. The maximum atomic E-state index is 12.7. The average Bonchev–Trinajstić information content (AvgIpc) is 2.67. The molecule has 1 aliphatic rings. The lowest BCUT2D eigenvalue weighted by molar-refractivity contribution is 0.0684. The van der Waals surface area contributed by atoms with Crippen LogP contribution in [-0.2, 0) is 0 Å². The average molecular weight is 369 g/mol. The molecular weight excluding hydrogens is 346 g/mol. The number of anilines is 1. The Morgan fingerprint density at radius 2 is 1.81 bits per heavy atom. The Labute approximate surface area is 157 Å². The van der Waals surface area contributed by atoms with Crippen LogP contribution in [0.1, 0.15) is 45.1 Å². The first-order valence-electron chi connectivity index (χ1n) is 8.90. The minimum atomic E-state index is -1.04. The van der Waals surface area contributed by atoms with Gasteiger partial charge in [-0.25, -0.2) is 9.78 Å². The van der Waals surface area contributed by atoms with Crippen molar-refractivity contribution in [2.45, 2.75) is 32.7 Å². The van der Waals surface area contributed by atoms with Gasteiger partial charge >= 0.3 is 5.97 Å². The van der Waals surface area contributed by atoms with Crippen molar-refractivity contribution in [2.75, 3.05) is 25.0 Å². The fraction of sp³-hybridized carbons (Fsp3) is 0.421. The molecular formula is C19H23N5O3. The molecule has 0 aromatic carbocycles. The summed E-state index contributed by atoms with van der Waals surface area (Å²) in [6.07, 6.45) is 1.65. The molecule has 2 aromatic heterocycles. The number of amides is 1. The molecule has 0 atom stereocenters. The summed E-state index contributed by atoms with van der Waals surface area (Å²) in [6.45, 7) is 4.74. The molecule has 3 rings (SSSR count). The van der Waals surface area contributed by atoms with Crippen molar-refractivity contribution >= 4 is 17.7 Å². The van der Waals surface area contributed by atoms with E-state index in [1.165, 1.54) is 12.1 Å². The van der Waals surface area contributed by atoms with E-state index in [0.717, 1.165) is 24.4 Å². The summed E-state index contributed by atoms with van der Waals surface area (Å²) in [5.41, 5.74) is 1.63. The van der Waals surface area contributed by atoms with Crippen molar-refractivity contribution in [1.82, 2.24) is 20.1 Å². The van der Waals surface area contributed by atoms with Crippen LogP contribution in [0, 0.1) is 13.8 Å². The minimum absolute atomic E-state index is 0.117. The zero-order chi connectivity index (χ0) is 19.6. The summed E-state index contributed by atoms with van der Waals surface area (Å²) in [5.74, 6) is -0.375. The number of piperidine rings is 1. The third kappa shape index (κ3) is 4.05. The molecule has 0 bridgehead atoms. The topological polar surface area (TPSA) is 99.5 Å². The highest BCUT2D eigenvalue weighted by Gasteiger charge is 2.27. The van der Waals surface area contributed by atoms with Crippen LogP contribution < -0.4 is 4.90 Å². The Morgan fingerprint density at radius 1 is 1.11 bits per heavy atom. The Balaban J connectivity index is 1.63. The molecule has 1 aliphatic heterocycles. The number of likely N-dealkylation sites (tertiary alicyclic amines) is 1. The van der Waals surface area contributed by atoms with Gasteiger partial charge in [0.25, 0.3) is 5.91 Å². The molecule has 2 aromatic rings. The third-order valence-corrected chi connectivity index (χ3v) is 4.98. The molecule has 142 valence electrons. The van der Waals surface area contributed by atoms with Crippen LogP contribution in [0.25, 0.3) is 0 Å². The van der Waals surface area contributed by atoms with E-state index in [1.54, 1.807) is 11.8 Å². The predicted octanol–water partition coefficient (Wildman–Crippen LogP) is 1.93. The highest BCUT2D eigenvalue weighted by Crippen LogP contribution is 2.21. The second-order valence-electron chi connectivity index (χ2n) is 6.80. The number of rotatable bonds is 4. The fourth-order valence-corrected chi connectivity index (χ4v) is 3.29. The van der Waals surface area contributed by atoms with Crippen molar-refractivity contribution in [2.24, 2.45) is 0 Å². The van der Waals surface area contributed by atoms with Gasteiger partial charge in [-0.3, -0.25) is 4.79 Å². The number of carboxylic acid groups (broad SMARTS) is 1. The Bertz CT molecular complexity index is 845. The highest BCUT2D eigenvalue weighted by molar-refractivity contribution is 5.94. The Hall–Kier alpha value is -3.03. The molecule has 1 fully saturated rings. The van der Waals surface area contributed by atoms with Crippen LogP contribution >= 0.6 is 0 Å². The monoisotopic (exact) mass is 369 g/mol. The van der Waals surface area contributed by atoms with Crippen LogP contribution in [0.2, 0.25) is 0 Å². The smallest absolute Gasteiger partial charge is 0.337 e. The molecule has 1 saturated heterocycles. The number of hydrogen-bond acceptors (Lipinski definition) is 6. The molecule has 0 saturated carbocycles. The normalized spacial score (nSPS) is 14.9. The van der Waals surface area contributed by atoms with Gasteiger partial charge in [-0.05, 0) is 51.0 Å². The Morgan fingerprint density at radius 3 is 2.37 bits per heavy atom. The van der Waals surface area contributed by atoms with Gasteiger partial charge in [-0.1, -0.05) is 0 Å². The standard InChI is InChI=1S/C19H23N5O3/c1-12-4-7-17(22-21-12)23(3)14-8-10-24(11-9-14)18(25)16-6-5-15(19(26)27)13(2)20-16/h4-7,14H,8-11H2,1-3H3,(H,26,27). The third-order valence-electron chi connectivity index (χ3n) is 4.98. The molecule has 0 spiro atoms. The lowest BCUT2D eigenvalue weighted by Crippen LogP contribution is -2.46. The molecule has 1 amide bonds. The highest BCUT2D eigenvalue weighted by atomic mass is 16.4. The van der Waals surface area contributed by atoms with Crippen molar-refractivity contribution in [1.29, 1.82) is 0 Å². The Kier molecular flexibility index (Phi) is 5.34. The number of carbonyl (C=O) groups excluding carboxylic acids is 1. The number of hydrogen-bond donors (Lipinski definition) is 1. The van der Waals surface area contributed by atoms with E-state index < -0.39 is 5.97 Å². The predicted molar refractivity (Wildman–Crippen MR) is 100 cm³/mol. The number of aryl methyl sites for hydroxylation is 2. The van der Waals surface area contributed by atoms with Gasteiger partial charge in [0, 0.05) is 26.2 Å². The van der Waals surface area contributed by atoms with Crippen LogP contribution in [0.15, 0.2) is 24.3 Å². The first kappa shape index (κ1) is 18.8. The van der Waals surface area contributed by atoms with E-state index in [-0.39, 0.29) is 23.2 Å². The summed E-state index contributed by atoms with van der Waals surface area (Å²) in [5, 5.41) is 17.4. The van der Waals surface area contributed by atoms with Crippen molar-refractivity contribution < 1.29 is 14.7 Å². The first-order valence-corrected chi connectivity index (χ1v) is 8.90. The van der Waals surface area contributed by atoms with E-state index in [4.69, 9.17) is 5.11 Å². The molecule has 8 heteroatoms. The zero-order valence-electron chi connectivity index (χ0n) is 15.7. The largest absolute Gasteiger partial charge is 0.478 e. The van der Waals surface area contributed by atoms with E-state index in [2.05, 4.69) is 20.1 Å². The lowest BCUT2D eigenvalue weighted by atomic mass is 10.0. The van der Waals surface area contributed by atoms with Gasteiger partial charge in [0.05, 0.1) is 17.0 Å². The lowest BCUT2D eigenvalue weighted by Gasteiger charge is -2.37. The first-order chi connectivity index (χ1) is 12.9. The number of pyridine rings is 1. The molecule has 0 unspecified atom stereocenters. The zero-order valence-corrected chi connectivity index (χ0v) is 15.7. The van der Waals surface area contributed by atoms with Crippen LogP contribution in [0.3, 0.4) is 0 Å². The van der Waals surface area contributed by atoms with Gasteiger partial charge in [0.1, 0.15) is 5.69 Å². The van der Waals surface area contributed by atoms with Crippen molar-refractivity contribution in [3.63, 3.8) is 0 Å². The summed E-state index contributed by atoms with van der Waals surface area (Å²) in [7, 11) is 2.00. The van der Waals surface area contributed by atoms with Gasteiger partial charge < -0.3 is 14.9 Å². The van der Waals surface area contributed by atoms with Gasteiger partial charge in [0.2, 0.25) is 0 Å². The molecule has 3 heterocycles. The van der Waals surface area contributed by atoms with Crippen LogP contribution in [-0.4, -0.2) is 63.2 Å². The summed E-state index contributed by atoms with van der Waals surface area (Å²) in [4.78, 5) is 31.8. The molecule has 0 aliphatic carbocycles. The molecule has 0 radical (unpaired) electrons.